The maximum absolute atomic E-state index is 11.3. The van der Waals surface area contributed by atoms with Crippen LogP contribution in [0.5, 0.6) is 0 Å². The second-order valence-corrected chi connectivity index (χ2v) is 6.56. The number of nitrogens with zero attached hydrogens (tertiary/aromatic N) is 1. The number of carbonyl (C=O) groups is 3. The summed E-state index contributed by atoms with van der Waals surface area (Å²) < 4.78 is 4.27. The van der Waals surface area contributed by atoms with Crippen molar-refractivity contribution < 1.29 is 19.1 Å². The van der Waals surface area contributed by atoms with E-state index in [1.54, 1.807) is 6.92 Å². The molecule has 0 N–H and O–H groups in total. The molecule has 28 heavy (non-hydrogen) atoms. The summed E-state index contributed by atoms with van der Waals surface area (Å²) in [6, 6.07) is 10.2. The highest BCUT2D eigenvalue weighted by Gasteiger charge is 2.31. The number of benzene rings is 1. The molecule has 2 amide bonds. The van der Waals surface area contributed by atoms with Crippen molar-refractivity contribution in [1.82, 2.24) is 4.90 Å². The molecule has 1 heterocycles. The standard InChI is InChI=1S/C10H13NO2.C8H8.C5H8O2/c12-9-6-7-10(13)11(9)8-4-2-1-3-5-8;1-2-8-6-4-3-5-7-8;1-4(2)5(6)7-3/h6-8H,1-5H2;2-7H,1H2;1H2,2-3H3. The maximum atomic E-state index is 11.3. The second kappa shape index (κ2) is 12.4. The highest BCUT2D eigenvalue weighted by Crippen LogP contribution is 2.24. The molecule has 0 spiro atoms. The van der Waals surface area contributed by atoms with Gasteiger partial charge in [-0.05, 0) is 25.3 Å². The van der Waals surface area contributed by atoms with Crippen molar-refractivity contribution in [2.45, 2.75) is 45.1 Å². The van der Waals surface area contributed by atoms with Gasteiger partial charge in [0.15, 0.2) is 0 Å². The van der Waals surface area contributed by atoms with E-state index in [0.29, 0.717) is 5.57 Å². The van der Waals surface area contributed by atoms with Crippen molar-refractivity contribution in [3.8, 4) is 0 Å². The summed E-state index contributed by atoms with van der Waals surface area (Å²) in [5, 5.41) is 0. The Morgan fingerprint density at radius 1 is 1.07 bits per heavy atom. The number of hydrogen-bond acceptors (Lipinski definition) is 4. The third kappa shape index (κ3) is 7.74. The van der Waals surface area contributed by atoms with Crippen LogP contribution >= 0.6 is 0 Å². The monoisotopic (exact) mass is 383 g/mol. The first kappa shape index (κ1) is 23.1. The maximum Gasteiger partial charge on any atom is 0.332 e. The molecule has 1 saturated carbocycles. The van der Waals surface area contributed by atoms with Gasteiger partial charge in [0.05, 0.1) is 7.11 Å². The molecule has 2 aliphatic rings. The van der Waals surface area contributed by atoms with Crippen LogP contribution in [0.15, 0.2) is 61.2 Å². The minimum atomic E-state index is -0.347. The van der Waals surface area contributed by atoms with Gasteiger partial charge in [-0.2, -0.15) is 0 Å². The predicted molar refractivity (Wildman–Crippen MR) is 111 cm³/mol. The smallest absolute Gasteiger partial charge is 0.332 e. The number of amides is 2. The summed E-state index contributed by atoms with van der Waals surface area (Å²) in [4.78, 5) is 34.2. The van der Waals surface area contributed by atoms with Gasteiger partial charge in [0.2, 0.25) is 0 Å². The zero-order valence-electron chi connectivity index (χ0n) is 16.7. The summed E-state index contributed by atoms with van der Waals surface area (Å²) in [5.41, 5.74) is 1.61. The summed E-state index contributed by atoms with van der Waals surface area (Å²) in [6.07, 6.45) is 10.1. The Bertz CT molecular complexity index is 697. The molecule has 1 aromatic rings. The summed E-state index contributed by atoms with van der Waals surface area (Å²) in [6.45, 7) is 8.59. The molecule has 1 aliphatic heterocycles. The van der Waals surface area contributed by atoms with E-state index in [1.807, 2.05) is 36.4 Å². The van der Waals surface area contributed by atoms with Crippen LogP contribution in [0.3, 0.4) is 0 Å². The Labute approximate surface area is 167 Å². The molecule has 0 unspecified atom stereocenters. The fraction of sp³-hybridized carbons (Fsp3) is 0.348. The van der Waals surface area contributed by atoms with Crippen LogP contribution in [0.25, 0.3) is 6.08 Å². The minimum Gasteiger partial charge on any atom is -0.466 e. The highest BCUT2D eigenvalue weighted by molar-refractivity contribution is 6.13. The molecule has 1 fully saturated rings. The van der Waals surface area contributed by atoms with Crippen molar-refractivity contribution in [3.05, 3.63) is 66.8 Å². The van der Waals surface area contributed by atoms with Crippen LogP contribution in [0.2, 0.25) is 0 Å². The average Bonchev–Trinajstić information content (AvgIpc) is 3.07. The van der Waals surface area contributed by atoms with Crippen molar-refractivity contribution >= 4 is 23.9 Å². The first-order valence-electron chi connectivity index (χ1n) is 9.37. The third-order valence-electron chi connectivity index (χ3n) is 4.35. The van der Waals surface area contributed by atoms with Gasteiger partial charge in [-0.3, -0.25) is 14.5 Å². The minimum absolute atomic E-state index is 0.128. The van der Waals surface area contributed by atoms with Gasteiger partial charge in [0.1, 0.15) is 0 Å². The van der Waals surface area contributed by atoms with Gasteiger partial charge in [-0.15, -0.1) is 0 Å². The molecule has 0 aromatic heterocycles. The number of hydrogen-bond donors (Lipinski definition) is 0. The number of rotatable bonds is 3. The molecule has 0 saturated heterocycles. The van der Waals surface area contributed by atoms with E-state index >= 15 is 0 Å². The fourth-order valence-electron chi connectivity index (χ4n) is 2.87. The van der Waals surface area contributed by atoms with Crippen molar-refractivity contribution in [2.75, 3.05) is 7.11 Å². The van der Waals surface area contributed by atoms with Gasteiger partial charge in [-0.25, -0.2) is 4.79 Å². The molecular weight excluding hydrogens is 354 g/mol. The molecule has 5 heteroatoms. The van der Waals surface area contributed by atoms with E-state index in [0.717, 1.165) is 25.7 Å². The van der Waals surface area contributed by atoms with Gasteiger partial charge in [0, 0.05) is 23.8 Å². The van der Waals surface area contributed by atoms with Crippen LogP contribution < -0.4 is 0 Å². The Balaban J connectivity index is 0.000000227. The number of imide groups is 1. The zero-order valence-corrected chi connectivity index (χ0v) is 16.7. The Morgan fingerprint density at radius 3 is 1.96 bits per heavy atom. The van der Waals surface area contributed by atoms with E-state index < -0.39 is 0 Å². The van der Waals surface area contributed by atoms with E-state index in [9.17, 15) is 14.4 Å². The summed E-state index contributed by atoms with van der Waals surface area (Å²) in [5.74, 6) is -0.603. The quantitative estimate of drug-likeness (QED) is 0.443. The van der Waals surface area contributed by atoms with E-state index in [2.05, 4.69) is 17.9 Å². The molecule has 0 bridgehead atoms. The number of ether oxygens (including phenoxy) is 1. The number of carbonyl (C=O) groups excluding carboxylic acids is 3. The molecule has 5 nitrogen and oxygen atoms in total. The van der Waals surface area contributed by atoms with E-state index in [-0.39, 0.29) is 23.8 Å². The zero-order chi connectivity index (χ0) is 20.9. The lowest BCUT2D eigenvalue weighted by Crippen LogP contribution is -2.41. The molecule has 150 valence electrons. The lowest BCUT2D eigenvalue weighted by molar-refractivity contribution is -0.140. The van der Waals surface area contributed by atoms with Crippen LogP contribution in [-0.2, 0) is 19.1 Å². The molecule has 1 aromatic carbocycles. The fourth-order valence-corrected chi connectivity index (χ4v) is 2.87. The Morgan fingerprint density at radius 2 is 1.61 bits per heavy atom. The van der Waals surface area contributed by atoms with E-state index in [4.69, 9.17) is 0 Å². The molecule has 0 atom stereocenters. The van der Waals surface area contributed by atoms with Crippen molar-refractivity contribution in [3.63, 3.8) is 0 Å². The lowest BCUT2D eigenvalue weighted by atomic mass is 9.94. The average molecular weight is 383 g/mol. The molecule has 1 aliphatic carbocycles. The molecule has 3 rings (SSSR count). The molecular formula is C23H29NO4. The van der Waals surface area contributed by atoms with Crippen molar-refractivity contribution in [1.29, 1.82) is 0 Å². The van der Waals surface area contributed by atoms with Crippen LogP contribution in [0.1, 0.15) is 44.6 Å². The van der Waals surface area contributed by atoms with Crippen LogP contribution in [0, 0.1) is 0 Å². The first-order chi connectivity index (χ1) is 13.4. The van der Waals surface area contributed by atoms with Crippen LogP contribution in [0.4, 0.5) is 0 Å². The normalized spacial score (nSPS) is 15.7. The van der Waals surface area contributed by atoms with Crippen molar-refractivity contribution in [2.24, 2.45) is 0 Å². The Kier molecular flexibility index (Phi) is 10.3. The predicted octanol–water partition coefficient (Wildman–Crippen LogP) is 4.31. The highest BCUT2D eigenvalue weighted by atomic mass is 16.5. The number of methoxy groups -OCH3 is 1. The van der Waals surface area contributed by atoms with Gasteiger partial charge in [-0.1, -0.05) is 68.8 Å². The van der Waals surface area contributed by atoms with E-state index in [1.165, 1.54) is 36.1 Å². The van der Waals surface area contributed by atoms with Gasteiger partial charge in [0.25, 0.3) is 11.8 Å². The topological polar surface area (TPSA) is 63.7 Å². The largest absolute Gasteiger partial charge is 0.466 e. The SMILES string of the molecule is C=C(C)C(=O)OC.C=Cc1ccccc1.O=C1C=CC(=O)N1C1CCCCC1. The summed E-state index contributed by atoms with van der Waals surface area (Å²) in [7, 11) is 1.33. The molecule has 0 radical (unpaired) electrons. The van der Waals surface area contributed by atoms with Crippen LogP contribution in [-0.4, -0.2) is 35.8 Å². The second-order valence-electron chi connectivity index (χ2n) is 6.56. The summed E-state index contributed by atoms with van der Waals surface area (Å²) >= 11 is 0. The van der Waals surface area contributed by atoms with Gasteiger partial charge >= 0.3 is 5.97 Å². The Hall–Kier alpha value is -2.95. The first-order valence-corrected chi connectivity index (χ1v) is 9.37. The third-order valence-corrected chi connectivity index (χ3v) is 4.35. The van der Waals surface area contributed by atoms with Gasteiger partial charge < -0.3 is 4.74 Å². The lowest BCUT2D eigenvalue weighted by Gasteiger charge is -2.29. The number of esters is 1.